The predicted octanol–water partition coefficient (Wildman–Crippen LogP) is 4.00. The number of anilines is 2. The third-order valence-corrected chi connectivity index (χ3v) is 5.63. The van der Waals surface area contributed by atoms with E-state index in [1.54, 1.807) is 36.4 Å². The Bertz CT molecular complexity index is 1080. The minimum atomic E-state index is -0.670. The molecule has 1 atom stereocenters. The van der Waals surface area contributed by atoms with Gasteiger partial charge < -0.3 is 19.7 Å². The molecule has 8 nitrogen and oxygen atoms in total. The number of nitrogens with one attached hydrogen (secondary N) is 1. The third-order valence-electron chi connectivity index (χ3n) is 5.22. The van der Waals surface area contributed by atoms with Crippen LogP contribution in [0.2, 0.25) is 5.02 Å². The first-order valence-electron chi connectivity index (χ1n) is 10.9. The van der Waals surface area contributed by atoms with Crippen LogP contribution in [-0.4, -0.2) is 43.5 Å². The molecule has 34 heavy (non-hydrogen) atoms. The summed E-state index contributed by atoms with van der Waals surface area (Å²) in [4.78, 5) is 50.4. The van der Waals surface area contributed by atoms with E-state index in [0.717, 1.165) is 5.56 Å². The highest BCUT2D eigenvalue weighted by molar-refractivity contribution is 6.31. The van der Waals surface area contributed by atoms with Crippen molar-refractivity contribution in [1.29, 1.82) is 0 Å². The van der Waals surface area contributed by atoms with Crippen LogP contribution in [0.1, 0.15) is 36.2 Å². The molecule has 0 unspecified atom stereocenters. The van der Waals surface area contributed by atoms with Gasteiger partial charge in [0, 0.05) is 29.4 Å². The first-order valence-corrected chi connectivity index (χ1v) is 11.3. The van der Waals surface area contributed by atoms with Crippen LogP contribution in [0.5, 0.6) is 0 Å². The van der Waals surface area contributed by atoms with Crippen LogP contribution in [0.15, 0.2) is 42.5 Å². The summed E-state index contributed by atoms with van der Waals surface area (Å²) in [5.74, 6) is -2.23. The van der Waals surface area contributed by atoms with Crippen molar-refractivity contribution in [2.75, 3.05) is 30.0 Å². The summed E-state index contributed by atoms with van der Waals surface area (Å²) in [6, 6.07) is 11.5. The van der Waals surface area contributed by atoms with Gasteiger partial charge in [-0.2, -0.15) is 0 Å². The predicted molar refractivity (Wildman–Crippen MR) is 128 cm³/mol. The van der Waals surface area contributed by atoms with Gasteiger partial charge in [-0.3, -0.25) is 14.4 Å². The van der Waals surface area contributed by atoms with E-state index in [1.165, 1.54) is 4.90 Å². The number of ether oxygens (including phenoxy) is 2. The Morgan fingerprint density at radius 2 is 1.82 bits per heavy atom. The minimum Gasteiger partial charge on any atom is -0.462 e. The molecule has 0 saturated carbocycles. The monoisotopic (exact) mass is 486 g/mol. The maximum absolute atomic E-state index is 12.4. The molecule has 0 spiro atoms. The zero-order valence-corrected chi connectivity index (χ0v) is 20.1. The van der Waals surface area contributed by atoms with Gasteiger partial charge in [0.05, 0.1) is 18.1 Å². The van der Waals surface area contributed by atoms with E-state index >= 15 is 0 Å². The number of halogens is 1. The largest absolute Gasteiger partial charge is 0.462 e. The Morgan fingerprint density at radius 1 is 1.12 bits per heavy atom. The molecule has 1 heterocycles. The lowest BCUT2D eigenvalue weighted by atomic mass is 10.1. The second-order valence-corrected chi connectivity index (χ2v) is 8.97. The van der Waals surface area contributed by atoms with E-state index < -0.39 is 30.4 Å². The van der Waals surface area contributed by atoms with Crippen LogP contribution >= 0.6 is 11.6 Å². The number of benzene rings is 2. The maximum atomic E-state index is 12.4. The molecule has 2 aromatic carbocycles. The second kappa shape index (κ2) is 11.2. The van der Waals surface area contributed by atoms with Gasteiger partial charge in [0.2, 0.25) is 5.91 Å². The van der Waals surface area contributed by atoms with E-state index in [2.05, 4.69) is 5.32 Å². The van der Waals surface area contributed by atoms with Crippen LogP contribution < -0.4 is 10.2 Å². The molecule has 0 aromatic heterocycles. The lowest BCUT2D eigenvalue weighted by Gasteiger charge is -2.17. The second-order valence-electron chi connectivity index (χ2n) is 8.56. The maximum Gasteiger partial charge on any atom is 0.338 e. The third kappa shape index (κ3) is 6.57. The number of carbonyl (C=O) groups excluding carboxylic acids is 4. The van der Waals surface area contributed by atoms with Crippen molar-refractivity contribution >= 4 is 46.7 Å². The molecule has 3 rings (SSSR count). The van der Waals surface area contributed by atoms with Crippen molar-refractivity contribution in [2.24, 2.45) is 11.8 Å². The summed E-state index contributed by atoms with van der Waals surface area (Å²) in [6.07, 6.45) is 0.000316. The molecule has 2 amide bonds. The van der Waals surface area contributed by atoms with E-state index in [0.29, 0.717) is 28.6 Å². The molecular weight excluding hydrogens is 460 g/mol. The highest BCUT2D eigenvalue weighted by Crippen LogP contribution is 2.29. The highest BCUT2D eigenvalue weighted by atomic mass is 35.5. The van der Waals surface area contributed by atoms with Crippen LogP contribution in [0.4, 0.5) is 11.4 Å². The van der Waals surface area contributed by atoms with Gasteiger partial charge in [0.1, 0.15) is 0 Å². The van der Waals surface area contributed by atoms with Gasteiger partial charge in [0.15, 0.2) is 6.61 Å². The fourth-order valence-corrected chi connectivity index (χ4v) is 3.51. The summed E-state index contributed by atoms with van der Waals surface area (Å²) in [7, 11) is 0. The van der Waals surface area contributed by atoms with Gasteiger partial charge in [-0.15, -0.1) is 0 Å². The standard InChI is InChI=1S/C25H27ClN2O6/c1-15(2)13-33-24(31)17-5-7-19(8-6-17)27-22(29)14-34-25(32)18-10-23(30)28(12-18)20-9-4-16(3)21(26)11-20/h4-9,11,15,18H,10,12-14H2,1-3H3,(H,27,29)/t18-/m0/s1. The Balaban J connectivity index is 1.47. The molecule has 180 valence electrons. The van der Waals surface area contributed by atoms with Crippen LogP contribution in [0, 0.1) is 18.8 Å². The number of rotatable bonds is 8. The molecule has 1 aliphatic rings. The summed E-state index contributed by atoms with van der Waals surface area (Å²) in [6.45, 7) is 5.75. The molecule has 2 aromatic rings. The van der Waals surface area contributed by atoms with Crippen molar-refractivity contribution in [2.45, 2.75) is 27.2 Å². The molecule has 1 saturated heterocycles. The summed E-state index contributed by atoms with van der Waals surface area (Å²) >= 11 is 6.14. The van der Waals surface area contributed by atoms with E-state index in [4.69, 9.17) is 21.1 Å². The topological polar surface area (TPSA) is 102 Å². The Labute approximate surface area is 203 Å². The number of carbonyl (C=O) groups is 4. The van der Waals surface area contributed by atoms with Crippen molar-refractivity contribution < 1.29 is 28.7 Å². The average molecular weight is 487 g/mol. The van der Waals surface area contributed by atoms with Crippen LogP contribution in [0.3, 0.4) is 0 Å². The van der Waals surface area contributed by atoms with Gasteiger partial charge >= 0.3 is 11.9 Å². The number of esters is 2. The molecule has 1 fully saturated rings. The molecule has 1 N–H and O–H groups in total. The fourth-order valence-electron chi connectivity index (χ4n) is 3.33. The summed E-state index contributed by atoms with van der Waals surface area (Å²) < 4.78 is 10.3. The Hall–Kier alpha value is -3.39. The van der Waals surface area contributed by atoms with E-state index in [1.807, 2.05) is 26.8 Å². The molecule has 0 bridgehead atoms. The lowest BCUT2D eigenvalue weighted by molar-refractivity contribution is -0.151. The highest BCUT2D eigenvalue weighted by Gasteiger charge is 2.36. The molecular formula is C25H27ClN2O6. The van der Waals surface area contributed by atoms with Crippen molar-refractivity contribution in [3.05, 3.63) is 58.6 Å². The number of hydrogen-bond acceptors (Lipinski definition) is 6. The SMILES string of the molecule is Cc1ccc(N2C[C@@H](C(=O)OCC(=O)Nc3ccc(C(=O)OCC(C)C)cc3)CC2=O)cc1Cl. The molecule has 0 aliphatic carbocycles. The van der Waals surface area contributed by atoms with Crippen molar-refractivity contribution in [1.82, 2.24) is 0 Å². The number of aryl methyl sites for hydroxylation is 1. The average Bonchev–Trinajstić information content (AvgIpc) is 3.19. The van der Waals surface area contributed by atoms with Crippen LogP contribution in [-0.2, 0) is 23.9 Å². The number of amides is 2. The lowest BCUT2D eigenvalue weighted by Crippen LogP contribution is -2.28. The zero-order valence-electron chi connectivity index (χ0n) is 19.3. The first-order chi connectivity index (χ1) is 16.1. The van der Waals surface area contributed by atoms with Gasteiger partial charge in [-0.1, -0.05) is 31.5 Å². The fraction of sp³-hybridized carbons (Fsp3) is 0.360. The Morgan fingerprint density at radius 3 is 2.47 bits per heavy atom. The normalized spacial score (nSPS) is 15.4. The Kier molecular flexibility index (Phi) is 8.28. The van der Waals surface area contributed by atoms with Gasteiger partial charge in [-0.05, 0) is 54.8 Å². The zero-order chi connectivity index (χ0) is 24.8. The molecule has 9 heteroatoms. The van der Waals surface area contributed by atoms with Crippen molar-refractivity contribution in [3.63, 3.8) is 0 Å². The first kappa shape index (κ1) is 25.2. The van der Waals surface area contributed by atoms with E-state index in [9.17, 15) is 19.2 Å². The van der Waals surface area contributed by atoms with Gasteiger partial charge in [-0.25, -0.2) is 4.79 Å². The number of nitrogens with zero attached hydrogens (tertiary/aromatic N) is 1. The van der Waals surface area contributed by atoms with Crippen LogP contribution in [0.25, 0.3) is 0 Å². The molecule has 1 aliphatic heterocycles. The smallest absolute Gasteiger partial charge is 0.338 e. The minimum absolute atomic E-state index is 0.000316. The molecule has 0 radical (unpaired) electrons. The summed E-state index contributed by atoms with van der Waals surface area (Å²) in [5, 5.41) is 3.13. The summed E-state index contributed by atoms with van der Waals surface area (Å²) in [5.41, 5.74) is 2.32. The van der Waals surface area contributed by atoms with E-state index in [-0.39, 0.29) is 24.8 Å². The van der Waals surface area contributed by atoms with Gasteiger partial charge in [0.25, 0.3) is 5.91 Å². The number of hydrogen-bond donors (Lipinski definition) is 1. The quantitative estimate of drug-likeness (QED) is 0.566. The van der Waals surface area contributed by atoms with Crippen molar-refractivity contribution in [3.8, 4) is 0 Å².